The van der Waals surface area contributed by atoms with Crippen LogP contribution in [0.1, 0.15) is 0 Å². The summed E-state index contributed by atoms with van der Waals surface area (Å²) in [7, 11) is 0. The van der Waals surface area contributed by atoms with E-state index in [1.165, 1.54) is 54.5 Å². The summed E-state index contributed by atoms with van der Waals surface area (Å²) in [6, 6.07) is 60.1. The van der Waals surface area contributed by atoms with E-state index in [1.54, 1.807) is 0 Å². The molecule has 1 aliphatic rings. The maximum absolute atomic E-state index is 6.47. The lowest BCUT2D eigenvalue weighted by Crippen LogP contribution is -2.01. The number of hydrogen-bond acceptors (Lipinski definition) is 4. The molecule has 0 aliphatic heterocycles. The van der Waals surface area contributed by atoms with Crippen LogP contribution in [-0.4, -0.2) is 19.5 Å². The highest BCUT2D eigenvalue weighted by Crippen LogP contribution is 2.51. The number of benzene rings is 9. The summed E-state index contributed by atoms with van der Waals surface area (Å²) < 4.78 is 8.93. The Morgan fingerprint density at radius 2 is 1.04 bits per heavy atom. The van der Waals surface area contributed by atoms with Gasteiger partial charge in [0.15, 0.2) is 17.5 Å². The van der Waals surface area contributed by atoms with Crippen molar-refractivity contribution >= 4 is 76.1 Å². The molecule has 5 nitrogen and oxygen atoms in total. The molecule has 12 aromatic rings. The van der Waals surface area contributed by atoms with Crippen LogP contribution >= 0.6 is 0 Å². The Balaban J connectivity index is 1.05. The van der Waals surface area contributed by atoms with Crippen LogP contribution in [0.25, 0.3) is 127 Å². The molecular formula is C51H28N4O. The van der Waals surface area contributed by atoms with Crippen molar-refractivity contribution in [2.24, 2.45) is 0 Å². The van der Waals surface area contributed by atoms with E-state index in [2.05, 4.69) is 156 Å². The zero-order chi connectivity index (χ0) is 36.5. The van der Waals surface area contributed by atoms with E-state index in [0.717, 1.165) is 55.1 Å². The molecule has 0 bridgehead atoms. The first kappa shape index (κ1) is 29.8. The third-order valence-corrected chi connectivity index (χ3v) is 11.7. The molecule has 0 atom stereocenters. The van der Waals surface area contributed by atoms with Gasteiger partial charge in [0, 0.05) is 49.0 Å². The predicted octanol–water partition coefficient (Wildman–Crippen LogP) is 13.3. The summed E-state index contributed by atoms with van der Waals surface area (Å²) in [5.74, 6) is 1.94. The lowest BCUT2D eigenvalue weighted by Gasteiger charge is -2.14. The van der Waals surface area contributed by atoms with Gasteiger partial charge in [-0.15, -0.1) is 0 Å². The van der Waals surface area contributed by atoms with Crippen LogP contribution in [0.4, 0.5) is 0 Å². The van der Waals surface area contributed by atoms with Crippen LogP contribution in [0.15, 0.2) is 174 Å². The van der Waals surface area contributed by atoms with Gasteiger partial charge in [0.05, 0.1) is 16.7 Å². The Kier molecular flexibility index (Phi) is 5.83. The summed E-state index contributed by atoms with van der Waals surface area (Å²) >= 11 is 0. The quantitative estimate of drug-likeness (QED) is 0.182. The van der Waals surface area contributed by atoms with Crippen LogP contribution in [0, 0.1) is 0 Å². The maximum atomic E-state index is 6.47. The number of furan rings is 1. The second-order valence-electron chi connectivity index (χ2n) is 14.7. The van der Waals surface area contributed by atoms with Crippen LogP contribution < -0.4 is 0 Å². The van der Waals surface area contributed by atoms with E-state index in [0.29, 0.717) is 17.5 Å². The minimum absolute atomic E-state index is 0.637. The van der Waals surface area contributed by atoms with Crippen molar-refractivity contribution in [3.05, 3.63) is 170 Å². The van der Waals surface area contributed by atoms with Crippen molar-refractivity contribution in [3.8, 4) is 51.0 Å². The van der Waals surface area contributed by atoms with Crippen LogP contribution in [0.5, 0.6) is 0 Å². The highest BCUT2D eigenvalue weighted by Gasteiger charge is 2.26. The molecule has 0 saturated carbocycles. The zero-order valence-electron chi connectivity index (χ0n) is 29.9. The second-order valence-corrected chi connectivity index (χ2v) is 14.7. The van der Waals surface area contributed by atoms with E-state index in [1.807, 2.05) is 18.2 Å². The summed E-state index contributed by atoms with van der Waals surface area (Å²) in [6.45, 7) is 0. The van der Waals surface area contributed by atoms with E-state index >= 15 is 0 Å². The number of nitrogens with zero attached hydrogens (tertiary/aromatic N) is 4. The number of fused-ring (bicyclic) bond motifs is 3. The van der Waals surface area contributed by atoms with Crippen molar-refractivity contribution in [3.63, 3.8) is 0 Å². The van der Waals surface area contributed by atoms with Gasteiger partial charge in [-0.25, -0.2) is 15.0 Å². The van der Waals surface area contributed by atoms with E-state index < -0.39 is 0 Å². The molecule has 3 heterocycles. The SMILES string of the molecule is c1ccc(-c2nc(-c3ccc4c(-n5c6cccc7c6c6c8c(ccc9oc%10cccc-7c%10c98)ccc65)cccc4c3)nc(-c3cccc4ccccc34)n2)cc1. The standard InChI is InChI=1S/C51H28N4O/c1-2-11-31(12-3-1)49-52-50(54-51(53-49)38-18-6-13-29-10-4-5-15-34(29)38)33-22-25-35-32(28-33)14-7-19-39(35)55-40-20-8-16-36-37-17-9-21-42-46(37)48-43(56-42)27-24-30-23-26-41(55)47(44(30)48)45(36)40/h1-28H. The molecule has 1 aliphatic carbocycles. The molecule has 0 fully saturated rings. The average molecular weight is 713 g/mol. The first-order valence-corrected chi connectivity index (χ1v) is 18.9. The summed E-state index contributed by atoms with van der Waals surface area (Å²) in [5, 5.41) is 11.9. The molecule has 0 unspecified atom stereocenters. The van der Waals surface area contributed by atoms with Crippen molar-refractivity contribution < 1.29 is 4.42 Å². The van der Waals surface area contributed by atoms with Crippen molar-refractivity contribution in [2.45, 2.75) is 0 Å². The lowest BCUT2D eigenvalue weighted by atomic mass is 9.98. The van der Waals surface area contributed by atoms with Gasteiger partial charge < -0.3 is 8.98 Å². The topological polar surface area (TPSA) is 56.7 Å². The van der Waals surface area contributed by atoms with Gasteiger partial charge in [-0.05, 0) is 69.1 Å². The molecule has 258 valence electrons. The lowest BCUT2D eigenvalue weighted by molar-refractivity contribution is 0.669. The van der Waals surface area contributed by atoms with Gasteiger partial charge in [-0.3, -0.25) is 0 Å². The Morgan fingerprint density at radius 3 is 1.96 bits per heavy atom. The molecular weight excluding hydrogens is 685 g/mol. The molecule has 13 rings (SSSR count). The number of aromatic nitrogens is 4. The molecule has 0 saturated heterocycles. The third kappa shape index (κ3) is 4.01. The van der Waals surface area contributed by atoms with Crippen molar-refractivity contribution in [2.75, 3.05) is 0 Å². The minimum Gasteiger partial charge on any atom is -0.456 e. The first-order valence-electron chi connectivity index (χ1n) is 18.9. The zero-order valence-corrected chi connectivity index (χ0v) is 29.9. The van der Waals surface area contributed by atoms with Crippen molar-refractivity contribution in [1.29, 1.82) is 0 Å². The molecule has 0 N–H and O–H groups in total. The van der Waals surface area contributed by atoms with Crippen LogP contribution in [0.2, 0.25) is 0 Å². The molecule has 0 spiro atoms. The van der Waals surface area contributed by atoms with Gasteiger partial charge in [0.25, 0.3) is 0 Å². The first-order chi connectivity index (χ1) is 27.8. The average Bonchev–Trinajstić information content (AvgIpc) is 3.78. The fourth-order valence-electron chi connectivity index (χ4n) is 9.34. The van der Waals surface area contributed by atoms with Gasteiger partial charge in [0.2, 0.25) is 0 Å². The van der Waals surface area contributed by atoms with Crippen molar-refractivity contribution in [1.82, 2.24) is 19.5 Å². The largest absolute Gasteiger partial charge is 0.456 e. The fraction of sp³-hybridized carbons (Fsp3) is 0. The van der Waals surface area contributed by atoms with Gasteiger partial charge in [-0.2, -0.15) is 0 Å². The highest BCUT2D eigenvalue weighted by atomic mass is 16.3. The maximum Gasteiger partial charge on any atom is 0.164 e. The van der Waals surface area contributed by atoms with E-state index in [4.69, 9.17) is 19.4 Å². The van der Waals surface area contributed by atoms with E-state index in [-0.39, 0.29) is 0 Å². The molecule has 56 heavy (non-hydrogen) atoms. The van der Waals surface area contributed by atoms with Gasteiger partial charge >= 0.3 is 0 Å². The van der Waals surface area contributed by atoms with Gasteiger partial charge in [0.1, 0.15) is 11.2 Å². The summed E-state index contributed by atoms with van der Waals surface area (Å²) in [6.07, 6.45) is 0. The molecule has 5 heteroatoms. The summed E-state index contributed by atoms with van der Waals surface area (Å²) in [4.78, 5) is 15.3. The number of rotatable bonds is 4. The Hall–Kier alpha value is -7.63. The minimum atomic E-state index is 0.637. The molecule has 9 aromatic carbocycles. The second kappa shape index (κ2) is 11.0. The predicted molar refractivity (Wildman–Crippen MR) is 229 cm³/mol. The molecule has 3 aromatic heterocycles. The molecule has 0 amide bonds. The summed E-state index contributed by atoms with van der Waals surface area (Å²) in [5.41, 5.74) is 10.7. The van der Waals surface area contributed by atoms with Gasteiger partial charge in [-0.1, -0.05) is 133 Å². The normalized spacial score (nSPS) is 12.3. The Morgan fingerprint density at radius 1 is 0.357 bits per heavy atom. The molecule has 0 radical (unpaired) electrons. The Labute approximate surface area is 319 Å². The third-order valence-electron chi connectivity index (χ3n) is 11.7. The number of hydrogen-bond donors (Lipinski definition) is 0. The highest BCUT2D eigenvalue weighted by molar-refractivity contribution is 6.38. The smallest absolute Gasteiger partial charge is 0.164 e. The van der Waals surface area contributed by atoms with Crippen LogP contribution in [-0.2, 0) is 0 Å². The fourth-order valence-corrected chi connectivity index (χ4v) is 9.34. The monoisotopic (exact) mass is 712 g/mol. The Bertz CT molecular complexity index is 3650. The van der Waals surface area contributed by atoms with Crippen LogP contribution in [0.3, 0.4) is 0 Å². The van der Waals surface area contributed by atoms with E-state index in [9.17, 15) is 0 Å².